The highest BCUT2D eigenvalue weighted by molar-refractivity contribution is 4.76. The molecule has 2 heterocycles. The van der Waals surface area contributed by atoms with Gasteiger partial charge in [0.2, 0.25) is 0 Å². The van der Waals surface area contributed by atoms with E-state index in [1.54, 1.807) is 0 Å². The van der Waals surface area contributed by atoms with Gasteiger partial charge in [-0.25, -0.2) is 0 Å². The van der Waals surface area contributed by atoms with Crippen LogP contribution in [0.2, 0.25) is 0 Å². The molecule has 0 aromatic carbocycles. The van der Waals surface area contributed by atoms with E-state index in [2.05, 4.69) is 6.92 Å². The number of hydrogen-bond acceptors (Lipinski definition) is 2. The molecule has 2 saturated heterocycles. The maximum atomic E-state index is 5.49. The first-order chi connectivity index (χ1) is 5.36. The molecule has 0 spiro atoms. The summed E-state index contributed by atoms with van der Waals surface area (Å²) in [5, 5.41) is 0. The Hall–Kier alpha value is -0.0800. The van der Waals surface area contributed by atoms with Crippen molar-refractivity contribution in [1.29, 1.82) is 0 Å². The van der Waals surface area contributed by atoms with Crippen molar-refractivity contribution < 1.29 is 9.47 Å². The van der Waals surface area contributed by atoms with Crippen LogP contribution in [0.1, 0.15) is 33.6 Å². The van der Waals surface area contributed by atoms with E-state index in [1.807, 2.05) is 13.8 Å². The first kappa shape index (κ1) is 9.01. The summed E-state index contributed by atoms with van der Waals surface area (Å²) in [6, 6.07) is 0. The van der Waals surface area contributed by atoms with Crippen molar-refractivity contribution in [3.8, 4) is 0 Å². The van der Waals surface area contributed by atoms with Gasteiger partial charge in [-0.1, -0.05) is 20.8 Å². The van der Waals surface area contributed by atoms with Crippen molar-refractivity contribution >= 4 is 0 Å². The van der Waals surface area contributed by atoms with Gasteiger partial charge in [-0.15, -0.1) is 0 Å². The molecule has 0 aromatic rings. The summed E-state index contributed by atoms with van der Waals surface area (Å²) >= 11 is 0. The van der Waals surface area contributed by atoms with Gasteiger partial charge in [0.1, 0.15) is 0 Å². The molecule has 2 fully saturated rings. The standard InChI is InChI=1S/C7H12O2.C2H6/c1-5-2-3-6-4-8-7(5)9-6;1-2/h5-7H,2-4H2,1H3;1-2H3. The highest BCUT2D eigenvalue weighted by Crippen LogP contribution is 2.30. The van der Waals surface area contributed by atoms with Crippen LogP contribution in [0.4, 0.5) is 0 Å². The Morgan fingerprint density at radius 1 is 1.18 bits per heavy atom. The lowest BCUT2D eigenvalue weighted by molar-refractivity contribution is -0.115. The summed E-state index contributed by atoms with van der Waals surface area (Å²) in [4.78, 5) is 0. The summed E-state index contributed by atoms with van der Waals surface area (Å²) in [6.45, 7) is 7.02. The number of fused-ring (bicyclic) bond motifs is 2. The first-order valence-corrected chi connectivity index (χ1v) is 4.63. The zero-order valence-corrected chi connectivity index (χ0v) is 7.67. The molecule has 2 heteroatoms. The molecule has 0 aromatic heterocycles. The van der Waals surface area contributed by atoms with Crippen LogP contribution in [0.15, 0.2) is 0 Å². The van der Waals surface area contributed by atoms with Crippen LogP contribution in [-0.2, 0) is 9.47 Å². The van der Waals surface area contributed by atoms with Gasteiger partial charge in [-0.05, 0) is 12.8 Å². The molecule has 11 heavy (non-hydrogen) atoms. The maximum absolute atomic E-state index is 5.49. The molecule has 0 aliphatic carbocycles. The van der Waals surface area contributed by atoms with Gasteiger partial charge >= 0.3 is 0 Å². The van der Waals surface area contributed by atoms with Gasteiger partial charge in [0, 0.05) is 5.92 Å². The van der Waals surface area contributed by atoms with Gasteiger partial charge in [-0.2, -0.15) is 0 Å². The van der Waals surface area contributed by atoms with Crippen molar-refractivity contribution in [3.63, 3.8) is 0 Å². The van der Waals surface area contributed by atoms with Crippen molar-refractivity contribution in [1.82, 2.24) is 0 Å². The van der Waals surface area contributed by atoms with Crippen molar-refractivity contribution in [2.24, 2.45) is 5.92 Å². The molecule has 2 nitrogen and oxygen atoms in total. The second-order valence-electron chi connectivity index (χ2n) is 3.01. The second-order valence-corrected chi connectivity index (χ2v) is 3.01. The third kappa shape index (κ3) is 1.94. The molecule has 2 bridgehead atoms. The molecular formula is C9H18O2. The molecule has 3 atom stereocenters. The van der Waals surface area contributed by atoms with Crippen LogP contribution in [0.25, 0.3) is 0 Å². The molecule has 2 aliphatic rings. The summed E-state index contributed by atoms with van der Waals surface area (Å²) in [6.07, 6.45) is 3.02. The van der Waals surface area contributed by atoms with Crippen LogP contribution < -0.4 is 0 Å². The van der Waals surface area contributed by atoms with E-state index in [0.717, 1.165) is 6.61 Å². The van der Waals surface area contributed by atoms with E-state index in [9.17, 15) is 0 Å². The summed E-state index contributed by atoms with van der Waals surface area (Å²) in [5.41, 5.74) is 0. The second kappa shape index (κ2) is 4.07. The first-order valence-electron chi connectivity index (χ1n) is 4.63. The van der Waals surface area contributed by atoms with Gasteiger partial charge in [0.05, 0.1) is 12.7 Å². The van der Waals surface area contributed by atoms with E-state index in [-0.39, 0.29) is 6.29 Å². The smallest absolute Gasteiger partial charge is 0.160 e. The molecule has 66 valence electrons. The third-order valence-electron chi connectivity index (χ3n) is 2.18. The van der Waals surface area contributed by atoms with Crippen molar-refractivity contribution in [3.05, 3.63) is 0 Å². The summed E-state index contributed by atoms with van der Waals surface area (Å²) in [7, 11) is 0. The SMILES string of the molecule is CC.CC1CCC2COC1O2. The minimum Gasteiger partial charge on any atom is -0.350 e. The zero-order valence-electron chi connectivity index (χ0n) is 7.67. The molecule has 2 aliphatic heterocycles. The van der Waals surface area contributed by atoms with E-state index < -0.39 is 0 Å². The predicted molar refractivity (Wildman–Crippen MR) is 44.4 cm³/mol. The van der Waals surface area contributed by atoms with Gasteiger partial charge < -0.3 is 9.47 Å². The lowest BCUT2D eigenvalue weighted by Crippen LogP contribution is -2.25. The lowest BCUT2D eigenvalue weighted by atomic mass is 10.0. The van der Waals surface area contributed by atoms with Crippen molar-refractivity contribution in [2.75, 3.05) is 6.61 Å². The molecular weight excluding hydrogens is 140 g/mol. The Balaban J connectivity index is 0.000000281. The minimum absolute atomic E-state index is 0.128. The highest BCUT2D eigenvalue weighted by Gasteiger charge is 2.34. The van der Waals surface area contributed by atoms with Gasteiger partial charge in [-0.3, -0.25) is 0 Å². The Morgan fingerprint density at radius 2 is 1.91 bits per heavy atom. The van der Waals surface area contributed by atoms with E-state index >= 15 is 0 Å². The zero-order chi connectivity index (χ0) is 8.27. The third-order valence-corrected chi connectivity index (χ3v) is 2.18. The van der Waals surface area contributed by atoms with Crippen LogP contribution in [0.5, 0.6) is 0 Å². The Morgan fingerprint density at radius 3 is 2.55 bits per heavy atom. The van der Waals surface area contributed by atoms with Gasteiger partial charge in [0.25, 0.3) is 0 Å². The van der Waals surface area contributed by atoms with Crippen LogP contribution in [-0.4, -0.2) is 19.0 Å². The average molecular weight is 158 g/mol. The van der Waals surface area contributed by atoms with E-state index in [4.69, 9.17) is 9.47 Å². The normalized spacial score (nSPS) is 41.2. The molecule has 0 radical (unpaired) electrons. The summed E-state index contributed by atoms with van der Waals surface area (Å²) < 4.78 is 10.9. The monoisotopic (exact) mass is 158 g/mol. The predicted octanol–water partition coefficient (Wildman–Crippen LogP) is 2.18. The Labute approximate surface area is 68.9 Å². The summed E-state index contributed by atoms with van der Waals surface area (Å²) in [5.74, 6) is 0.615. The van der Waals surface area contributed by atoms with Crippen LogP contribution in [0, 0.1) is 5.92 Å². The Bertz CT molecular complexity index is 114. The number of ether oxygens (including phenoxy) is 2. The fourth-order valence-corrected chi connectivity index (χ4v) is 1.51. The molecule has 0 saturated carbocycles. The van der Waals surface area contributed by atoms with E-state index in [1.165, 1.54) is 12.8 Å². The van der Waals surface area contributed by atoms with Crippen LogP contribution in [0.3, 0.4) is 0 Å². The number of rotatable bonds is 0. The fourth-order valence-electron chi connectivity index (χ4n) is 1.51. The van der Waals surface area contributed by atoms with Gasteiger partial charge in [0.15, 0.2) is 6.29 Å². The Kier molecular flexibility index (Phi) is 3.34. The molecule has 2 rings (SSSR count). The quantitative estimate of drug-likeness (QED) is 0.538. The highest BCUT2D eigenvalue weighted by atomic mass is 16.7. The largest absolute Gasteiger partial charge is 0.350 e. The minimum atomic E-state index is 0.128. The number of hydrogen-bond donors (Lipinski definition) is 0. The fraction of sp³-hybridized carbons (Fsp3) is 1.00. The lowest BCUT2D eigenvalue weighted by Gasteiger charge is -2.23. The average Bonchev–Trinajstić information content (AvgIpc) is 2.46. The topological polar surface area (TPSA) is 18.5 Å². The van der Waals surface area contributed by atoms with Crippen LogP contribution >= 0.6 is 0 Å². The molecule has 3 unspecified atom stereocenters. The van der Waals surface area contributed by atoms with Crippen molar-refractivity contribution in [2.45, 2.75) is 46.0 Å². The van der Waals surface area contributed by atoms with E-state index in [0.29, 0.717) is 12.0 Å². The molecule has 0 amide bonds. The molecule has 0 N–H and O–H groups in total. The maximum Gasteiger partial charge on any atom is 0.160 e.